The van der Waals surface area contributed by atoms with Gasteiger partial charge in [0.1, 0.15) is 17.8 Å². The molecule has 0 unspecified atom stereocenters. The summed E-state index contributed by atoms with van der Waals surface area (Å²) in [4.78, 5) is 19.8. The maximum Gasteiger partial charge on any atom is 0.270 e. The molecule has 0 aliphatic heterocycles. The van der Waals surface area contributed by atoms with Crippen molar-refractivity contribution in [1.29, 1.82) is 0 Å². The SMILES string of the molecule is C=CCNC(=O)c1cc(Nc2ccc(Br)cc2)ncn1. The van der Waals surface area contributed by atoms with Crippen molar-refractivity contribution in [2.24, 2.45) is 0 Å². The van der Waals surface area contributed by atoms with Crippen molar-refractivity contribution in [3.8, 4) is 0 Å². The fourth-order valence-corrected chi connectivity index (χ4v) is 1.75. The van der Waals surface area contributed by atoms with Crippen molar-refractivity contribution >= 4 is 33.3 Å². The Bertz CT molecular complexity index is 613. The number of amides is 1. The van der Waals surface area contributed by atoms with E-state index in [9.17, 15) is 4.79 Å². The van der Waals surface area contributed by atoms with Gasteiger partial charge < -0.3 is 10.6 Å². The Morgan fingerprint density at radius 2 is 2.05 bits per heavy atom. The van der Waals surface area contributed by atoms with Gasteiger partial charge in [0.15, 0.2) is 0 Å². The number of nitrogens with one attached hydrogen (secondary N) is 2. The van der Waals surface area contributed by atoms with E-state index < -0.39 is 0 Å². The lowest BCUT2D eigenvalue weighted by atomic mass is 10.3. The Labute approximate surface area is 125 Å². The molecule has 1 aromatic heterocycles. The van der Waals surface area contributed by atoms with Crippen LogP contribution in [0, 0.1) is 0 Å². The van der Waals surface area contributed by atoms with Gasteiger partial charge in [0.25, 0.3) is 5.91 Å². The number of benzene rings is 1. The van der Waals surface area contributed by atoms with Crippen LogP contribution in [0.15, 0.2) is 53.8 Å². The second-order valence-electron chi connectivity index (χ2n) is 3.92. The summed E-state index contributed by atoms with van der Waals surface area (Å²) in [7, 11) is 0. The van der Waals surface area contributed by atoms with Crippen molar-refractivity contribution in [2.45, 2.75) is 0 Å². The maximum absolute atomic E-state index is 11.8. The first-order chi connectivity index (χ1) is 9.69. The molecule has 102 valence electrons. The van der Waals surface area contributed by atoms with Gasteiger partial charge in [0, 0.05) is 22.8 Å². The predicted molar refractivity (Wildman–Crippen MR) is 82.0 cm³/mol. The maximum atomic E-state index is 11.8. The fraction of sp³-hybridized carbons (Fsp3) is 0.0714. The first kappa shape index (κ1) is 14.2. The average molecular weight is 333 g/mol. The summed E-state index contributed by atoms with van der Waals surface area (Å²) in [5.41, 5.74) is 1.19. The van der Waals surface area contributed by atoms with Crippen LogP contribution >= 0.6 is 15.9 Å². The molecular formula is C14H13BrN4O. The summed E-state index contributed by atoms with van der Waals surface area (Å²) in [6.45, 7) is 3.94. The van der Waals surface area contributed by atoms with Crippen LogP contribution in [0.1, 0.15) is 10.5 Å². The third-order valence-electron chi connectivity index (χ3n) is 2.42. The van der Waals surface area contributed by atoms with Crippen LogP contribution in [0.5, 0.6) is 0 Å². The van der Waals surface area contributed by atoms with Crippen LogP contribution in [-0.4, -0.2) is 22.4 Å². The highest BCUT2D eigenvalue weighted by molar-refractivity contribution is 9.10. The molecule has 2 aromatic rings. The molecule has 0 saturated heterocycles. The molecule has 0 saturated carbocycles. The van der Waals surface area contributed by atoms with Crippen molar-refractivity contribution in [2.75, 3.05) is 11.9 Å². The molecule has 5 nitrogen and oxygen atoms in total. The molecule has 0 atom stereocenters. The first-order valence-corrected chi connectivity index (χ1v) is 6.72. The van der Waals surface area contributed by atoms with Crippen LogP contribution in [0.4, 0.5) is 11.5 Å². The molecule has 1 aromatic carbocycles. The van der Waals surface area contributed by atoms with Crippen LogP contribution in [0.3, 0.4) is 0 Å². The van der Waals surface area contributed by atoms with E-state index >= 15 is 0 Å². The number of halogens is 1. The highest BCUT2D eigenvalue weighted by atomic mass is 79.9. The summed E-state index contributed by atoms with van der Waals surface area (Å²) in [6, 6.07) is 9.25. The van der Waals surface area contributed by atoms with E-state index in [2.05, 4.69) is 43.1 Å². The molecule has 0 aliphatic rings. The number of hydrogen-bond donors (Lipinski definition) is 2. The van der Waals surface area contributed by atoms with Gasteiger partial charge in [0.2, 0.25) is 0 Å². The molecule has 1 heterocycles. The van der Waals surface area contributed by atoms with Crippen molar-refractivity contribution in [3.05, 3.63) is 59.5 Å². The molecule has 6 heteroatoms. The zero-order chi connectivity index (χ0) is 14.4. The highest BCUT2D eigenvalue weighted by Gasteiger charge is 2.07. The Hall–Kier alpha value is -2.21. The predicted octanol–water partition coefficient (Wildman–Crippen LogP) is 2.90. The lowest BCUT2D eigenvalue weighted by Gasteiger charge is -2.07. The minimum absolute atomic E-state index is 0.258. The summed E-state index contributed by atoms with van der Waals surface area (Å²) in [5, 5.41) is 5.78. The van der Waals surface area contributed by atoms with Gasteiger partial charge in [-0.3, -0.25) is 4.79 Å². The van der Waals surface area contributed by atoms with Crippen molar-refractivity contribution < 1.29 is 4.79 Å². The van der Waals surface area contributed by atoms with E-state index in [0.717, 1.165) is 10.2 Å². The zero-order valence-corrected chi connectivity index (χ0v) is 12.2. The Morgan fingerprint density at radius 3 is 2.75 bits per heavy atom. The standard InChI is InChI=1S/C14H13BrN4O/c1-2-7-16-14(20)12-8-13(18-9-17-12)19-11-5-3-10(15)4-6-11/h2-6,8-9H,1,7H2,(H,16,20)(H,17,18,19). The molecule has 0 fully saturated rings. The zero-order valence-electron chi connectivity index (χ0n) is 10.6. The van der Waals surface area contributed by atoms with Gasteiger partial charge in [-0.05, 0) is 24.3 Å². The highest BCUT2D eigenvalue weighted by Crippen LogP contribution is 2.17. The lowest BCUT2D eigenvalue weighted by Crippen LogP contribution is -2.24. The fourth-order valence-electron chi connectivity index (χ4n) is 1.49. The molecule has 0 bridgehead atoms. The lowest BCUT2D eigenvalue weighted by molar-refractivity contribution is 0.0953. The summed E-state index contributed by atoms with van der Waals surface area (Å²) >= 11 is 3.37. The quantitative estimate of drug-likeness (QED) is 0.826. The largest absolute Gasteiger partial charge is 0.347 e. The second kappa shape index (κ2) is 6.81. The third kappa shape index (κ3) is 3.89. The van der Waals surface area contributed by atoms with Gasteiger partial charge in [-0.15, -0.1) is 6.58 Å². The Morgan fingerprint density at radius 1 is 1.30 bits per heavy atom. The number of hydrogen-bond acceptors (Lipinski definition) is 4. The van der Waals surface area contributed by atoms with Crippen LogP contribution < -0.4 is 10.6 Å². The van der Waals surface area contributed by atoms with Gasteiger partial charge in [-0.2, -0.15) is 0 Å². The normalized spacial score (nSPS) is 9.85. The molecule has 1 amide bonds. The molecule has 2 rings (SSSR count). The average Bonchev–Trinajstić information content (AvgIpc) is 2.47. The van der Waals surface area contributed by atoms with E-state index in [1.807, 2.05) is 24.3 Å². The number of anilines is 2. The summed E-state index contributed by atoms with van der Waals surface area (Å²) < 4.78 is 0.996. The number of carbonyl (C=O) groups excluding carboxylic acids is 1. The molecular weight excluding hydrogens is 320 g/mol. The van der Waals surface area contributed by atoms with E-state index in [-0.39, 0.29) is 5.91 Å². The second-order valence-corrected chi connectivity index (χ2v) is 4.83. The molecule has 20 heavy (non-hydrogen) atoms. The van der Waals surface area contributed by atoms with Gasteiger partial charge in [0.05, 0.1) is 0 Å². The number of nitrogens with zero attached hydrogens (tertiary/aromatic N) is 2. The molecule has 0 spiro atoms. The number of aromatic nitrogens is 2. The molecule has 0 radical (unpaired) electrons. The summed E-state index contributed by atoms with van der Waals surface area (Å²) in [6.07, 6.45) is 2.96. The Balaban J connectivity index is 2.11. The van der Waals surface area contributed by atoms with Crippen LogP contribution in [0.2, 0.25) is 0 Å². The number of rotatable bonds is 5. The van der Waals surface area contributed by atoms with Gasteiger partial charge in [-0.1, -0.05) is 22.0 Å². The summed E-state index contributed by atoms with van der Waals surface area (Å²) in [5.74, 6) is 0.303. The minimum atomic E-state index is -0.258. The smallest absolute Gasteiger partial charge is 0.270 e. The van der Waals surface area contributed by atoms with E-state index in [4.69, 9.17) is 0 Å². The van der Waals surface area contributed by atoms with Crippen LogP contribution in [-0.2, 0) is 0 Å². The van der Waals surface area contributed by atoms with Crippen molar-refractivity contribution in [3.63, 3.8) is 0 Å². The minimum Gasteiger partial charge on any atom is -0.347 e. The van der Waals surface area contributed by atoms with E-state index in [1.54, 1.807) is 12.1 Å². The van der Waals surface area contributed by atoms with E-state index in [1.165, 1.54) is 6.33 Å². The number of carbonyl (C=O) groups is 1. The van der Waals surface area contributed by atoms with Crippen molar-refractivity contribution in [1.82, 2.24) is 15.3 Å². The monoisotopic (exact) mass is 332 g/mol. The first-order valence-electron chi connectivity index (χ1n) is 5.93. The Kier molecular flexibility index (Phi) is 4.84. The third-order valence-corrected chi connectivity index (χ3v) is 2.95. The van der Waals surface area contributed by atoms with Gasteiger partial charge >= 0.3 is 0 Å². The topological polar surface area (TPSA) is 66.9 Å². The van der Waals surface area contributed by atoms with Crippen LogP contribution in [0.25, 0.3) is 0 Å². The molecule has 0 aliphatic carbocycles. The molecule has 2 N–H and O–H groups in total. The van der Waals surface area contributed by atoms with Gasteiger partial charge in [-0.25, -0.2) is 9.97 Å². The van der Waals surface area contributed by atoms with E-state index in [0.29, 0.717) is 18.1 Å².